The Morgan fingerprint density at radius 1 is 1.10 bits per heavy atom. The number of methoxy groups -OCH3 is 1. The van der Waals surface area contributed by atoms with Crippen molar-refractivity contribution in [1.82, 2.24) is 15.3 Å². The Labute approximate surface area is 169 Å². The molecule has 0 unspecified atom stereocenters. The fraction of sp³-hybridized carbons (Fsp3) is 0.227. The van der Waals surface area contributed by atoms with Crippen LogP contribution in [0.2, 0.25) is 0 Å². The molecule has 0 bridgehead atoms. The van der Waals surface area contributed by atoms with Crippen molar-refractivity contribution in [1.29, 1.82) is 0 Å². The van der Waals surface area contributed by atoms with Crippen LogP contribution in [-0.2, 0) is 6.42 Å². The summed E-state index contributed by atoms with van der Waals surface area (Å²) in [6.07, 6.45) is 0.397. The number of hydrogen-bond acceptors (Lipinski definition) is 5. The zero-order valence-corrected chi connectivity index (χ0v) is 16.6. The summed E-state index contributed by atoms with van der Waals surface area (Å²) in [4.78, 5) is 21.2. The summed E-state index contributed by atoms with van der Waals surface area (Å²) in [7, 11) is 1.58. The number of carbonyl (C=O) groups is 1. The molecule has 0 atom stereocenters. The van der Waals surface area contributed by atoms with Crippen molar-refractivity contribution in [3.05, 3.63) is 76.9 Å². The maximum atomic E-state index is 13.7. The second-order valence-electron chi connectivity index (χ2n) is 6.64. The van der Waals surface area contributed by atoms with Gasteiger partial charge in [0.15, 0.2) is 0 Å². The Balaban J connectivity index is 1.71. The van der Waals surface area contributed by atoms with Crippen molar-refractivity contribution in [3.63, 3.8) is 0 Å². The van der Waals surface area contributed by atoms with E-state index in [9.17, 15) is 9.18 Å². The molecule has 0 aliphatic carbocycles. The zero-order chi connectivity index (χ0) is 20.8. The van der Waals surface area contributed by atoms with Gasteiger partial charge in [-0.05, 0) is 55.7 Å². The van der Waals surface area contributed by atoms with Gasteiger partial charge in [0.25, 0.3) is 5.91 Å². The largest absolute Gasteiger partial charge is 0.495 e. The maximum Gasteiger partial charge on any atom is 0.270 e. The van der Waals surface area contributed by atoms with Gasteiger partial charge in [-0.2, -0.15) is 0 Å². The van der Waals surface area contributed by atoms with Gasteiger partial charge in [-0.15, -0.1) is 0 Å². The summed E-state index contributed by atoms with van der Waals surface area (Å²) in [6.45, 7) is 4.06. The van der Waals surface area contributed by atoms with Crippen molar-refractivity contribution in [2.75, 3.05) is 19.0 Å². The number of nitrogens with zero attached hydrogens (tertiary/aromatic N) is 2. The standard InChI is InChI=1S/C22H23FN4O2/c1-14-8-9-20(29-3)18(12-14)26-22-25-15(2)13-19(27-22)21(28)24-11-10-16-6-4-5-7-17(16)23/h4-9,12-13H,10-11H2,1-3H3,(H,24,28)(H,25,26,27). The summed E-state index contributed by atoms with van der Waals surface area (Å²) >= 11 is 0. The first kappa shape index (κ1) is 20.3. The Hall–Kier alpha value is -3.48. The summed E-state index contributed by atoms with van der Waals surface area (Å²) in [5.41, 5.74) is 3.20. The van der Waals surface area contributed by atoms with E-state index in [1.54, 1.807) is 38.3 Å². The van der Waals surface area contributed by atoms with Crippen LogP contribution in [0.4, 0.5) is 16.0 Å². The second-order valence-corrected chi connectivity index (χ2v) is 6.64. The minimum atomic E-state index is -0.342. The molecular weight excluding hydrogens is 371 g/mol. The summed E-state index contributed by atoms with van der Waals surface area (Å²) in [5.74, 6) is 0.328. The smallest absolute Gasteiger partial charge is 0.270 e. The van der Waals surface area contributed by atoms with Crippen LogP contribution in [0.1, 0.15) is 27.3 Å². The Morgan fingerprint density at radius 3 is 2.66 bits per heavy atom. The molecule has 2 aromatic carbocycles. The molecular formula is C22H23FN4O2. The van der Waals surface area contributed by atoms with E-state index < -0.39 is 0 Å². The van der Waals surface area contributed by atoms with E-state index in [0.29, 0.717) is 41.6 Å². The van der Waals surface area contributed by atoms with E-state index in [1.807, 2.05) is 25.1 Å². The van der Waals surface area contributed by atoms with Crippen LogP contribution < -0.4 is 15.4 Å². The lowest BCUT2D eigenvalue weighted by molar-refractivity contribution is 0.0949. The van der Waals surface area contributed by atoms with E-state index in [4.69, 9.17) is 4.74 Å². The Morgan fingerprint density at radius 2 is 1.90 bits per heavy atom. The predicted octanol–water partition coefficient (Wildman–Crippen LogP) is 3.96. The van der Waals surface area contributed by atoms with Gasteiger partial charge in [-0.3, -0.25) is 4.79 Å². The third-order valence-electron chi connectivity index (χ3n) is 4.33. The van der Waals surface area contributed by atoms with Crippen molar-refractivity contribution in [2.45, 2.75) is 20.3 Å². The van der Waals surface area contributed by atoms with E-state index in [0.717, 1.165) is 5.56 Å². The first-order valence-corrected chi connectivity index (χ1v) is 9.25. The fourth-order valence-corrected chi connectivity index (χ4v) is 2.88. The maximum absolute atomic E-state index is 13.7. The number of anilines is 2. The van der Waals surface area contributed by atoms with Crippen LogP contribution in [0.3, 0.4) is 0 Å². The number of aryl methyl sites for hydroxylation is 2. The van der Waals surface area contributed by atoms with Crippen molar-refractivity contribution < 1.29 is 13.9 Å². The van der Waals surface area contributed by atoms with E-state index in [2.05, 4.69) is 20.6 Å². The molecule has 0 fully saturated rings. The van der Waals surface area contributed by atoms with Crippen LogP contribution in [0, 0.1) is 19.7 Å². The zero-order valence-electron chi connectivity index (χ0n) is 16.6. The molecule has 0 spiro atoms. The normalized spacial score (nSPS) is 10.5. The lowest BCUT2D eigenvalue weighted by atomic mass is 10.1. The molecule has 3 aromatic rings. The number of ether oxygens (including phenoxy) is 1. The average molecular weight is 394 g/mol. The van der Waals surface area contributed by atoms with Crippen LogP contribution in [0.25, 0.3) is 0 Å². The molecule has 0 aliphatic rings. The van der Waals surface area contributed by atoms with Gasteiger partial charge >= 0.3 is 0 Å². The topological polar surface area (TPSA) is 76.1 Å². The molecule has 1 aromatic heterocycles. The SMILES string of the molecule is COc1ccc(C)cc1Nc1nc(C)cc(C(=O)NCCc2ccccc2F)n1. The van der Waals surface area contributed by atoms with Crippen LogP contribution >= 0.6 is 0 Å². The highest BCUT2D eigenvalue weighted by molar-refractivity contribution is 5.92. The number of benzene rings is 2. The highest BCUT2D eigenvalue weighted by Gasteiger charge is 2.12. The number of rotatable bonds is 7. The lowest BCUT2D eigenvalue weighted by Crippen LogP contribution is -2.27. The Bertz CT molecular complexity index is 1020. The summed E-state index contributed by atoms with van der Waals surface area (Å²) < 4.78 is 19.0. The van der Waals surface area contributed by atoms with E-state index in [1.165, 1.54) is 6.07 Å². The molecule has 7 heteroatoms. The molecule has 0 saturated carbocycles. The summed E-state index contributed by atoms with van der Waals surface area (Å²) in [5, 5.41) is 5.89. The Kier molecular flexibility index (Phi) is 6.39. The quantitative estimate of drug-likeness (QED) is 0.634. The molecule has 6 nitrogen and oxygen atoms in total. The van der Waals surface area contributed by atoms with E-state index in [-0.39, 0.29) is 17.4 Å². The molecule has 3 rings (SSSR count). The molecule has 29 heavy (non-hydrogen) atoms. The molecule has 150 valence electrons. The van der Waals surface area contributed by atoms with Gasteiger partial charge < -0.3 is 15.4 Å². The number of halogens is 1. The highest BCUT2D eigenvalue weighted by atomic mass is 19.1. The van der Waals surface area contributed by atoms with Crippen LogP contribution in [0.5, 0.6) is 5.75 Å². The van der Waals surface area contributed by atoms with Crippen molar-refractivity contribution >= 4 is 17.5 Å². The predicted molar refractivity (Wildman–Crippen MR) is 110 cm³/mol. The average Bonchev–Trinajstić information content (AvgIpc) is 2.69. The van der Waals surface area contributed by atoms with Gasteiger partial charge in [0, 0.05) is 12.2 Å². The number of carbonyl (C=O) groups excluding carboxylic acids is 1. The third-order valence-corrected chi connectivity index (χ3v) is 4.33. The van der Waals surface area contributed by atoms with Crippen LogP contribution in [0.15, 0.2) is 48.5 Å². The first-order chi connectivity index (χ1) is 14.0. The molecule has 0 saturated heterocycles. The number of hydrogen-bond donors (Lipinski definition) is 2. The fourth-order valence-electron chi connectivity index (χ4n) is 2.88. The minimum absolute atomic E-state index is 0.236. The number of aromatic nitrogens is 2. The van der Waals surface area contributed by atoms with Gasteiger partial charge in [0.2, 0.25) is 5.95 Å². The lowest BCUT2D eigenvalue weighted by Gasteiger charge is -2.12. The first-order valence-electron chi connectivity index (χ1n) is 9.25. The van der Waals surface area contributed by atoms with Crippen molar-refractivity contribution in [2.24, 2.45) is 0 Å². The van der Waals surface area contributed by atoms with Gasteiger partial charge in [-0.25, -0.2) is 14.4 Å². The van der Waals surface area contributed by atoms with Crippen LogP contribution in [-0.4, -0.2) is 29.5 Å². The molecule has 2 N–H and O–H groups in total. The van der Waals surface area contributed by atoms with Crippen molar-refractivity contribution in [3.8, 4) is 5.75 Å². The monoisotopic (exact) mass is 394 g/mol. The van der Waals surface area contributed by atoms with Gasteiger partial charge in [-0.1, -0.05) is 24.3 Å². The van der Waals surface area contributed by atoms with Gasteiger partial charge in [0.1, 0.15) is 17.3 Å². The molecule has 0 radical (unpaired) electrons. The number of amides is 1. The molecule has 1 amide bonds. The van der Waals surface area contributed by atoms with Gasteiger partial charge in [0.05, 0.1) is 12.8 Å². The third kappa shape index (κ3) is 5.28. The minimum Gasteiger partial charge on any atom is -0.495 e. The van der Waals surface area contributed by atoms with E-state index >= 15 is 0 Å². The second kappa shape index (κ2) is 9.14. The molecule has 1 heterocycles. The highest BCUT2D eigenvalue weighted by Crippen LogP contribution is 2.27. The number of nitrogens with one attached hydrogen (secondary N) is 2. The summed E-state index contributed by atoms with van der Waals surface area (Å²) in [6, 6.07) is 13.8. The molecule has 0 aliphatic heterocycles.